The molecule has 1 aromatic rings. The Morgan fingerprint density at radius 2 is 2.10 bits per heavy atom. The molecule has 4 nitrogen and oxygen atoms in total. The van der Waals surface area contributed by atoms with E-state index in [1.54, 1.807) is 0 Å². The van der Waals surface area contributed by atoms with Crippen molar-refractivity contribution in [3.05, 3.63) is 30.1 Å². The van der Waals surface area contributed by atoms with Gasteiger partial charge >= 0.3 is 0 Å². The van der Waals surface area contributed by atoms with Crippen LogP contribution < -0.4 is 0 Å². The van der Waals surface area contributed by atoms with Crippen molar-refractivity contribution in [2.24, 2.45) is 0 Å². The molecule has 4 heteroatoms. The maximum absolute atomic E-state index is 5.40. The minimum atomic E-state index is 0.591. The van der Waals surface area contributed by atoms with E-state index in [1.165, 1.54) is 44.5 Å². The zero-order chi connectivity index (χ0) is 13.6. The van der Waals surface area contributed by atoms with E-state index in [-0.39, 0.29) is 0 Å². The van der Waals surface area contributed by atoms with Crippen LogP contribution >= 0.6 is 0 Å². The Hall–Kier alpha value is -0.970. The first-order chi connectivity index (χ1) is 9.93. The van der Waals surface area contributed by atoms with Crippen LogP contribution in [0.1, 0.15) is 30.9 Å². The summed E-state index contributed by atoms with van der Waals surface area (Å²) in [5.74, 6) is 0. The monoisotopic (exact) mass is 275 g/mol. The lowest BCUT2D eigenvalue weighted by molar-refractivity contribution is 0.0359. The van der Waals surface area contributed by atoms with Gasteiger partial charge in [-0.3, -0.25) is 14.8 Å². The first-order valence-corrected chi connectivity index (χ1v) is 7.87. The smallest absolute Gasteiger partial charge is 0.0594 e. The molecule has 2 fully saturated rings. The summed E-state index contributed by atoms with van der Waals surface area (Å²) in [4.78, 5) is 9.43. The highest BCUT2D eigenvalue weighted by Gasteiger charge is 2.25. The van der Waals surface area contributed by atoms with Gasteiger partial charge in [0.2, 0.25) is 0 Å². The van der Waals surface area contributed by atoms with Gasteiger partial charge in [0.15, 0.2) is 0 Å². The van der Waals surface area contributed by atoms with E-state index in [9.17, 15) is 0 Å². The molecule has 3 heterocycles. The van der Waals surface area contributed by atoms with Crippen LogP contribution in [0.25, 0.3) is 0 Å². The van der Waals surface area contributed by atoms with Gasteiger partial charge in [-0.05, 0) is 50.5 Å². The highest BCUT2D eigenvalue weighted by Crippen LogP contribution is 2.31. The summed E-state index contributed by atoms with van der Waals surface area (Å²) in [7, 11) is 0. The SMILES string of the molecule is c1cncc([C@H]2CCCN2CCCN2CCOCC2)c1. The van der Waals surface area contributed by atoms with Gasteiger partial charge < -0.3 is 4.74 Å². The van der Waals surface area contributed by atoms with E-state index in [4.69, 9.17) is 4.74 Å². The molecular formula is C16H25N3O. The molecule has 2 aliphatic rings. The largest absolute Gasteiger partial charge is 0.379 e. The molecule has 0 radical (unpaired) electrons. The van der Waals surface area contributed by atoms with Gasteiger partial charge in [-0.25, -0.2) is 0 Å². The molecule has 2 saturated heterocycles. The summed E-state index contributed by atoms with van der Waals surface area (Å²) in [6.07, 6.45) is 7.75. The number of pyridine rings is 1. The number of nitrogens with zero attached hydrogens (tertiary/aromatic N) is 3. The summed E-state index contributed by atoms with van der Waals surface area (Å²) in [6.45, 7) is 7.67. The van der Waals surface area contributed by atoms with Crippen LogP contribution in [0.3, 0.4) is 0 Å². The molecule has 0 amide bonds. The third-order valence-electron chi connectivity index (χ3n) is 4.46. The third kappa shape index (κ3) is 3.57. The highest BCUT2D eigenvalue weighted by molar-refractivity contribution is 5.15. The normalized spacial score (nSPS) is 25.1. The lowest BCUT2D eigenvalue weighted by atomic mass is 10.1. The van der Waals surface area contributed by atoms with Crippen molar-refractivity contribution in [3.8, 4) is 0 Å². The zero-order valence-electron chi connectivity index (χ0n) is 12.2. The van der Waals surface area contributed by atoms with E-state index < -0.39 is 0 Å². The Kier molecular flexibility index (Phi) is 5.01. The van der Waals surface area contributed by atoms with Crippen LogP contribution in [0.15, 0.2) is 24.5 Å². The maximum atomic E-state index is 5.40. The number of morpholine rings is 1. The molecule has 0 bridgehead atoms. The molecular weight excluding hydrogens is 250 g/mol. The number of aromatic nitrogens is 1. The van der Waals surface area contributed by atoms with Crippen molar-refractivity contribution in [3.63, 3.8) is 0 Å². The summed E-state index contributed by atoms with van der Waals surface area (Å²) >= 11 is 0. The van der Waals surface area contributed by atoms with E-state index in [1.807, 2.05) is 12.4 Å². The first kappa shape index (κ1) is 14.0. The van der Waals surface area contributed by atoms with Crippen LogP contribution in [0.5, 0.6) is 0 Å². The Balaban J connectivity index is 1.46. The molecule has 0 aromatic carbocycles. The van der Waals surface area contributed by atoms with Gasteiger partial charge in [0, 0.05) is 31.5 Å². The molecule has 2 aliphatic heterocycles. The van der Waals surface area contributed by atoms with Crippen molar-refractivity contribution in [2.75, 3.05) is 45.9 Å². The fourth-order valence-electron chi connectivity index (χ4n) is 3.37. The average Bonchev–Trinajstić information content (AvgIpc) is 2.98. The Bertz CT molecular complexity index is 392. The topological polar surface area (TPSA) is 28.6 Å². The molecule has 1 atom stereocenters. The van der Waals surface area contributed by atoms with Crippen molar-refractivity contribution in [2.45, 2.75) is 25.3 Å². The Morgan fingerprint density at radius 3 is 2.90 bits per heavy atom. The number of hydrogen-bond donors (Lipinski definition) is 0. The van der Waals surface area contributed by atoms with Crippen molar-refractivity contribution in [1.29, 1.82) is 0 Å². The fourth-order valence-corrected chi connectivity index (χ4v) is 3.37. The predicted molar refractivity (Wildman–Crippen MR) is 79.7 cm³/mol. The minimum absolute atomic E-state index is 0.591. The van der Waals surface area contributed by atoms with Gasteiger partial charge in [-0.2, -0.15) is 0 Å². The molecule has 0 spiro atoms. The number of ether oxygens (including phenoxy) is 1. The third-order valence-corrected chi connectivity index (χ3v) is 4.46. The second-order valence-corrected chi connectivity index (χ2v) is 5.79. The van der Waals surface area contributed by atoms with Crippen LogP contribution in [0.4, 0.5) is 0 Å². The van der Waals surface area contributed by atoms with Gasteiger partial charge in [0.25, 0.3) is 0 Å². The van der Waals surface area contributed by atoms with E-state index in [0.29, 0.717) is 6.04 Å². The quantitative estimate of drug-likeness (QED) is 0.821. The van der Waals surface area contributed by atoms with Gasteiger partial charge in [-0.1, -0.05) is 6.07 Å². The second-order valence-electron chi connectivity index (χ2n) is 5.79. The lowest BCUT2D eigenvalue weighted by Gasteiger charge is -2.29. The van der Waals surface area contributed by atoms with Crippen molar-refractivity contribution < 1.29 is 4.74 Å². The van der Waals surface area contributed by atoms with Crippen LogP contribution in [0.2, 0.25) is 0 Å². The molecule has 3 rings (SSSR count). The minimum Gasteiger partial charge on any atom is -0.379 e. The maximum Gasteiger partial charge on any atom is 0.0594 e. The molecule has 0 saturated carbocycles. The van der Waals surface area contributed by atoms with Gasteiger partial charge in [-0.15, -0.1) is 0 Å². The van der Waals surface area contributed by atoms with Gasteiger partial charge in [0.1, 0.15) is 0 Å². The zero-order valence-corrected chi connectivity index (χ0v) is 12.2. The van der Waals surface area contributed by atoms with Gasteiger partial charge in [0.05, 0.1) is 13.2 Å². The number of hydrogen-bond acceptors (Lipinski definition) is 4. The summed E-state index contributed by atoms with van der Waals surface area (Å²) in [6, 6.07) is 4.87. The lowest BCUT2D eigenvalue weighted by Crippen LogP contribution is -2.38. The summed E-state index contributed by atoms with van der Waals surface area (Å²) in [5, 5.41) is 0. The van der Waals surface area contributed by atoms with Crippen LogP contribution in [-0.4, -0.2) is 60.7 Å². The Morgan fingerprint density at radius 1 is 1.20 bits per heavy atom. The standard InChI is InChI=1S/C16H25N3O/c1-4-15(14-17-6-1)16-5-2-8-19(16)9-3-7-18-10-12-20-13-11-18/h1,4,6,14,16H,2-3,5,7-13H2/t16-/m1/s1. The highest BCUT2D eigenvalue weighted by atomic mass is 16.5. The average molecular weight is 275 g/mol. The second kappa shape index (κ2) is 7.16. The molecule has 0 N–H and O–H groups in total. The molecule has 110 valence electrons. The summed E-state index contributed by atoms with van der Waals surface area (Å²) in [5.41, 5.74) is 1.39. The van der Waals surface area contributed by atoms with Crippen LogP contribution in [0, 0.1) is 0 Å². The molecule has 0 unspecified atom stereocenters. The van der Waals surface area contributed by atoms with E-state index in [0.717, 1.165) is 26.3 Å². The van der Waals surface area contributed by atoms with E-state index in [2.05, 4.69) is 26.9 Å². The fraction of sp³-hybridized carbons (Fsp3) is 0.688. The van der Waals surface area contributed by atoms with E-state index >= 15 is 0 Å². The first-order valence-electron chi connectivity index (χ1n) is 7.87. The number of rotatable bonds is 5. The molecule has 20 heavy (non-hydrogen) atoms. The predicted octanol–water partition coefficient (Wildman–Crippen LogP) is 1.94. The van der Waals surface area contributed by atoms with Crippen molar-refractivity contribution in [1.82, 2.24) is 14.8 Å². The molecule has 0 aliphatic carbocycles. The Labute approximate surface area is 121 Å². The van der Waals surface area contributed by atoms with Crippen LogP contribution in [-0.2, 0) is 4.74 Å². The molecule has 1 aromatic heterocycles. The summed E-state index contributed by atoms with van der Waals surface area (Å²) < 4.78 is 5.40. The van der Waals surface area contributed by atoms with Crippen molar-refractivity contribution >= 4 is 0 Å². The number of likely N-dealkylation sites (tertiary alicyclic amines) is 1.